The molecule has 0 atom stereocenters. The number of nitrogens with one attached hydrogen (secondary N) is 1. The van der Waals surface area contributed by atoms with Gasteiger partial charge in [-0.3, -0.25) is 0 Å². The van der Waals surface area contributed by atoms with Gasteiger partial charge in [0.1, 0.15) is 6.10 Å². The Morgan fingerprint density at radius 2 is 1.11 bits per heavy atom. The first-order chi connectivity index (χ1) is 17.8. The number of piperidine rings is 1. The molecule has 1 amide bonds. The zero-order valence-corrected chi connectivity index (χ0v) is 24.4. The zero-order chi connectivity index (χ0) is 25.9. The monoisotopic (exact) mass is 506 g/mol. The molecular formula is C32H62N2O2. The normalized spacial score (nSPS) is 14.5. The quantitative estimate of drug-likeness (QED) is 0.105. The molecule has 1 rings (SSSR count). The first kappa shape index (κ1) is 33.0. The molecule has 0 saturated carbocycles. The van der Waals surface area contributed by atoms with Crippen LogP contribution in [0.5, 0.6) is 0 Å². The van der Waals surface area contributed by atoms with Gasteiger partial charge < -0.3 is 15.0 Å². The second-order valence-electron chi connectivity index (χ2n) is 11.0. The van der Waals surface area contributed by atoms with E-state index in [0.29, 0.717) is 0 Å². The number of allylic oxidation sites excluding steroid dienone is 2. The van der Waals surface area contributed by atoms with Crippen LogP contribution in [0.3, 0.4) is 0 Å². The Bertz CT molecular complexity index is 502. The lowest BCUT2D eigenvalue weighted by Gasteiger charge is -2.28. The lowest BCUT2D eigenvalue weighted by molar-refractivity contribution is 0.0481. The minimum Gasteiger partial charge on any atom is -0.446 e. The van der Waals surface area contributed by atoms with Crippen molar-refractivity contribution in [2.24, 2.45) is 0 Å². The molecule has 212 valence electrons. The van der Waals surface area contributed by atoms with Crippen molar-refractivity contribution >= 4 is 6.09 Å². The molecule has 1 fully saturated rings. The van der Waals surface area contributed by atoms with E-state index in [2.05, 4.69) is 31.3 Å². The number of hydrogen-bond donors (Lipinski definition) is 1. The van der Waals surface area contributed by atoms with Crippen molar-refractivity contribution in [3.05, 3.63) is 12.2 Å². The summed E-state index contributed by atoms with van der Waals surface area (Å²) in [4.78, 5) is 14.9. The van der Waals surface area contributed by atoms with Crippen molar-refractivity contribution in [1.82, 2.24) is 10.2 Å². The van der Waals surface area contributed by atoms with Crippen LogP contribution in [0.4, 0.5) is 4.79 Å². The summed E-state index contributed by atoms with van der Waals surface area (Å²) in [6, 6.07) is 0. The summed E-state index contributed by atoms with van der Waals surface area (Å²) in [5.41, 5.74) is 0. The van der Waals surface area contributed by atoms with Gasteiger partial charge in [-0.1, -0.05) is 122 Å². The number of amides is 1. The van der Waals surface area contributed by atoms with Crippen LogP contribution in [0.15, 0.2) is 12.2 Å². The van der Waals surface area contributed by atoms with Gasteiger partial charge in [-0.25, -0.2) is 4.79 Å². The molecule has 1 aliphatic heterocycles. The van der Waals surface area contributed by atoms with Crippen LogP contribution in [-0.4, -0.2) is 43.3 Å². The summed E-state index contributed by atoms with van der Waals surface area (Å²) in [6.07, 6.45) is 32.7. The van der Waals surface area contributed by atoms with Gasteiger partial charge in [-0.05, 0) is 58.0 Å². The number of unbranched alkanes of at least 4 members (excludes halogenated alkanes) is 17. The number of carbonyl (C=O) groups excluding carboxylic acids is 1. The summed E-state index contributed by atoms with van der Waals surface area (Å²) in [5, 5.41) is 3.36. The van der Waals surface area contributed by atoms with Crippen LogP contribution in [0, 0.1) is 0 Å². The molecule has 1 saturated heterocycles. The van der Waals surface area contributed by atoms with Crippen molar-refractivity contribution in [1.29, 1.82) is 0 Å². The summed E-state index contributed by atoms with van der Waals surface area (Å²) in [7, 11) is 0. The average molecular weight is 507 g/mol. The van der Waals surface area contributed by atoms with Gasteiger partial charge in [-0.2, -0.15) is 0 Å². The van der Waals surface area contributed by atoms with Gasteiger partial charge in [-0.15, -0.1) is 0 Å². The van der Waals surface area contributed by atoms with Gasteiger partial charge in [0.05, 0.1) is 0 Å². The standard InChI is InChI=1S/C32H62N2O2/c1-3-5-7-9-11-13-14-15-16-17-18-20-22-24-30-34(29-23-21-19-12-10-8-6-4-2)32(35)36-31-25-27-33-28-26-31/h9,11,31,33H,3-8,10,12-30H2,1-2H3/b11-9-. The summed E-state index contributed by atoms with van der Waals surface area (Å²) < 4.78 is 5.89. The number of ether oxygens (including phenoxy) is 1. The molecule has 4 nitrogen and oxygen atoms in total. The molecule has 0 aromatic rings. The molecule has 1 N–H and O–H groups in total. The highest BCUT2D eigenvalue weighted by Crippen LogP contribution is 2.15. The van der Waals surface area contributed by atoms with Gasteiger partial charge in [0.15, 0.2) is 0 Å². The van der Waals surface area contributed by atoms with E-state index in [9.17, 15) is 4.79 Å². The molecule has 0 unspecified atom stereocenters. The average Bonchev–Trinajstić information content (AvgIpc) is 2.89. The second-order valence-corrected chi connectivity index (χ2v) is 11.0. The zero-order valence-electron chi connectivity index (χ0n) is 24.4. The Morgan fingerprint density at radius 1 is 0.667 bits per heavy atom. The van der Waals surface area contributed by atoms with Crippen LogP contribution in [0.25, 0.3) is 0 Å². The Kier molecular flexibility index (Phi) is 23.5. The minimum absolute atomic E-state index is 0.0615. The number of nitrogens with zero attached hydrogens (tertiary/aromatic N) is 1. The highest BCUT2D eigenvalue weighted by Gasteiger charge is 2.21. The molecule has 0 spiro atoms. The molecule has 0 aliphatic carbocycles. The van der Waals surface area contributed by atoms with E-state index in [4.69, 9.17) is 4.74 Å². The van der Waals surface area contributed by atoms with Crippen LogP contribution < -0.4 is 5.32 Å². The van der Waals surface area contributed by atoms with Gasteiger partial charge in [0, 0.05) is 13.1 Å². The van der Waals surface area contributed by atoms with Crippen molar-refractivity contribution in [3.63, 3.8) is 0 Å². The van der Waals surface area contributed by atoms with E-state index >= 15 is 0 Å². The fourth-order valence-electron chi connectivity index (χ4n) is 5.04. The van der Waals surface area contributed by atoms with Gasteiger partial charge in [0.2, 0.25) is 0 Å². The van der Waals surface area contributed by atoms with Gasteiger partial charge >= 0.3 is 6.09 Å². The molecule has 0 bridgehead atoms. The molecule has 0 aromatic carbocycles. The highest BCUT2D eigenvalue weighted by atomic mass is 16.6. The first-order valence-electron chi connectivity index (χ1n) is 16.1. The maximum Gasteiger partial charge on any atom is 0.410 e. The largest absolute Gasteiger partial charge is 0.446 e. The van der Waals surface area contributed by atoms with Crippen LogP contribution in [0.1, 0.15) is 155 Å². The van der Waals surface area contributed by atoms with Gasteiger partial charge in [0.25, 0.3) is 0 Å². The minimum atomic E-state index is -0.0615. The smallest absolute Gasteiger partial charge is 0.410 e. The summed E-state index contributed by atoms with van der Waals surface area (Å²) in [5.74, 6) is 0. The predicted molar refractivity (Wildman–Crippen MR) is 157 cm³/mol. The molecule has 0 radical (unpaired) electrons. The topological polar surface area (TPSA) is 41.6 Å². The molecule has 0 aromatic heterocycles. The Morgan fingerprint density at radius 3 is 1.64 bits per heavy atom. The molecular weight excluding hydrogens is 444 g/mol. The van der Waals surface area contributed by atoms with Crippen LogP contribution in [0.2, 0.25) is 0 Å². The molecule has 4 heteroatoms. The number of hydrogen-bond acceptors (Lipinski definition) is 3. The van der Waals surface area contributed by atoms with E-state index in [1.807, 2.05) is 4.90 Å². The number of carbonyl (C=O) groups is 1. The Labute approximate surface area is 225 Å². The molecule has 36 heavy (non-hydrogen) atoms. The fourth-order valence-corrected chi connectivity index (χ4v) is 5.04. The number of rotatable bonds is 24. The molecule has 1 heterocycles. The lowest BCUT2D eigenvalue weighted by Crippen LogP contribution is -2.39. The van der Waals surface area contributed by atoms with E-state index < -0.39 is 0 Å². The van der Waals surface area contributed by atoms with E-state index in [0.717, 1.165) is 51.9 Å². The van der Waals surface area contributed by atoms with E-state index in [1.165, 1.54) is 116 Å². The maximum atomic E-state index is 12.9. The maximum absolute atomic E-state index is 12.9. The molecule has 1 aliphatic rings. The summed E-state index contributed by atoms with van der Waals surface area (Å²) in [6.45, 7) is 8.19. The SMILES string of the molecule is CCCC/C=C\CCCCCCCCCCN(CCCCCCCCCC)C(=O)OC1CCNCC1. The first-order valence-corrected chi connectivity index (χ1v) is 16.1. The third kappa shape index (κ3) is 20.1. The van der Waals surface area contributed by atoms with Crippen molar-refractivity contribution in [3.8, 4) is 0 Å². The van der Waals surface area contributed by atoms with Crippen molar-refractivity contribution in [2.45, 2.75) is 161 Å². The summed E-state index contributed by atoms with van der Waals surface area (Å²) >= 11 is 0. The second kappa shape index (κ2) is 25.6. The Hall–Kier alpha value is -1.03. The fraction of sp³-hybridized carbons (Fsp3) is 0.906. The van der Waals surface area contributed by atoms with Crippen molar-refractivity contribution in [2.75, 3.05) is 26.2 Å². The van der Waals surface area contributed by atoms with E-state index in [-0.39, 0.29) is 12.2 Å². The van der Waals surface area contributed by atoms with Crippen LogP contribution in [-0.2, 0) is 4.74 Å². The van der Waals surface area contributed by atoms with Crippen LogP contribution >= 0.6 is 0 Å². The predicted octanol–water partition coefficient (Wildman–Crippen LogP) is 9.58. The van der Waals surface area contributed by atoms with Crippen molar-refractivity contribution < 1.29 is 9.53 Å². The Balaban J connectivity index is 2.14. The highest BCUT2D eigenvalue weighted by molar-refractivity contribution is 5.67. The van der Waals surface area contributed by atoms with E-state index in [1.54, 1.807) is 0 Å². The third-order valence-electron chi connectivity index (χ3n) is 7.53. The third-order valence-corrected chi connectivity index (χ3v) is 7.53. The lowest BCUT2D eigenvalue weighted by atomic mass is 10.1.